The van der Waals surface area contributed by atoms with Crippen molar-refractivity contribution in [2.45, 2.75) is 0 Å². The van der Waals surface area contributed by atoms with Gasteiger partial charge in [0, 0.05) is 12.4 Å². The quantitative estimate of drug-likeness (QED) is 0.574. The molecule has 0 saturated carbocycles. The Hall–Kier alpha value is -1.64. The number of hydrogen-bond acceptors (Lipinski definition) is 2. The lowest BCUT2D eigenvalue weighted by Crippen LogP contribution is -2.18. The van der Waals surface area contributed by atoms with Gasteiger partial charge in [0.05, 0.1) is 11.6 Å². The first kappa shape index (κ1) is 7.03. The van der Waals surface area contributed by atoms with Gasteiger partial charge in [-0.1, -0.05) is 18.2 Å². The molecular formula is C9H8N2O. The van der Waals surface area contributed by atoms with E-state index in [1.165, 1.54) is 4.68 Å². The molecule has 1 aromatic heterocycles. The van der Waals surface area contributed by atoms with E-state index >= 15 is 0 Å². The summed E-state index contributed by atoms with van der Waals surface area (Å²) in [5.74, 6) is 0. The van der Waals surface area contributed by atoms with Gasteiger partial charge in [0.15, 0.2) is 0 Å². The van der Waals surface area contributed by atoms with Gasteiger partial charge in [0.1, 0.15) is 0 Å². The molecule has 2 aromatic rings. The number of aromatic nitrogens is 2. The van der Waals surface area contributed by atoms with Crippen LogP contribution >= 0.6 is 0 Å². The van der Waals surface area contributed by atoms with E-state index in [9.17, 15) is 4.79 Å². The smallest absolute Gasteiger partial charge is 0.267 e. The molecule has 0 N–H and O–H groups in total. The third-order valence-corrected chi connectivity index (χ3v) is 1.86. The van der Waals surface area contributed by atoms with Crippen LogP contribution in [0.3, 0.4) is 0 Å². The molecule has 2 rings (SSSR count). The van der Waals surface area contributed by atoms with Crippen LogP contribution in [0.2, 0.25) is 0 Å². The molecule has 0 unspecified atom stereocenters. The summed E-state index contributed by atoms with van der Waals surface area (Å²) in [6, 6.07) is 7.43. The lowest BCUT2D eigenvalue weighted by atomic mass is 10.2. The maximum atomic E-state index is 11.4. The molecule has 0 spiro atoms. The van der Waals surface area contributed by atoms with Crippen LogP contribution in [0, 0.1) is 0 Å². The van der Waals surface area contributed by atoms with E-state index in [0.717, 1.165) is 10.8 Å². The van der Waals surface area contributed by atoms with Crippen molar-refractivity contribution in [1.82, 2.24) is 9.78 Å². The fourth-order valence-corrected chi connectivity index (χ4v) is 1.18. The molecule has 1 heterocycles. The largest absolute Gasteiger partial charge is 0.274 e. The van der Waals surface area contributed by atoms with Crippen molar-refractivity contribution >= 4 is 10.8 Å². The Morgan fingerprint density at radius 3 is 2.92 bits per heavy atom. The van der Waals surface area contributed by atoms with Crippen molar-refractivity contribution in [2.24, 2.45) is 7.05 Å². The third kappa shape index (κ3) is 0.906. The van der Waals surface area contributed by atoms with Crippen LogP contribution in [0.5, 0.6) is 0 Å². The predicted octanol–water partition coefficient (Wildman–Crippen LogP) is 0.933. The zero-order chi connectivity index (χ0) is 8.55. The molecule has 3 nitrogen and oxygen atoms in total. The van der Waals surface area contributed by atoms with Crippen LogP contribution in [0.25, 0.3) is 10.8 Å². The second kappa shape index (κ2) is 2.44. The number of benzene rings is 1. The summed E-state index contributed by atoms with van der Waals surface area (Å²) in [4.78, 5) is 11.4. The first-order chi connectivity index (χ1) is 5.79. The molecular weight excluding hydrogens is 152 g/mol. The van der Waals surface area contributed by atoms with E-state index in [2.05, 4.69) is 5.10 Å². The fraction of sp³-hybridized carbons (Fsp3) is 0.111. The van der Waals surface area contributed by atoms with Crippen LogP contribution < -0.4 is 5.56 Å². The number of aryl methyl sites for hydroxylation is 1. The zero-order valence-corrected chi connectivity index (χ0v) is 6.69. The summed E-state index contributed by atoms with van der Waals surface area (Å²) in [7, 11) is 1.65. The number of hydrogen-bond donors (Lipinski definition) is 0. The van der Waals surface area contributed by atoms with Crippen molar-refractivity contribution in [1.29, 1.82) is 0 Å². The predicted molar refractivity (Wildman–Crippen MR) is 47.0 cm³/mol. The molecule has 0 aliphatic rings. The summed E-state index contributed by atoms with van der Waals surface area (Å²) in [6.07, 6.45) is 1.69. The summed E-state index contributed by atoms with van der Waals surface area (Å²) in [5, 5.41) is 5.52. The molecule has 3 heteroatoms. The normalized spacial score (nSPS) is 10.4. The van der Waals surface area contributed by atoms with Crippen LogP contribution in [0.15, 0.2) is 35.3 Å². The van der Waals surface area contributed by atoms with Gasteiger partial charge in [-0.3, -0.25) is 4.79 Å². The van der Waals surface area contributed by atoms with E-state index in [4.69, 9.17) is 0 Å². The molecule has 0 bridgehead atoms. The second-order valence-electron chi connectivity index (χ2n) is 2.66. The summed E-state index contributed by atoms with van der Waals surface area (Å²) in [5.41, 5.74) is -0.0481. The highest BCUT2D eigenvalue weighted by Crippen LogP contribution is 2.05. The van der Waals surface area contributed by atoms with Crippen LogP contribution in [-0.2, 0) is 7.05 Å². The maximum Gasteiger partial charge on any atom is 0.274 e. The molecule has 1 aromatic carbocycles. The fourth-order valence-electron chi connectivity index (χ4n) is 1.18. The van der Waals surface area contributed by atoms with Gasteiger partial charge in [-0.05, 0) is 6.07 Å². The molecule has 0 aliphatic heterocycles. The van der Waals surface area contributed by atoms with Crippen LogP contribution in [0.4, 0.5) is 0 Å². The van der Waals surface area contributed by atoms with Crippen LogP contribution in [-0.4, -0.2) is 9.78 Å². The van der Waals surface area contributed by atoms with Gasteiger partial charge in [0.25, 0.3) is 5.56 Å². The molecule has 60 valence electrons. The molecule has 12 heavy (non-hydrogen) atoms. The molecule has 0 atom stereocenters. The second-order valence-corrected chi connectivity index (χ2v) is 2.66. The number of nitrogens with zero attached hydrogens (tertiary/aromatic N) is 2. The molecule has 0 fully saturated rings. The van der Waals surface area contributed by atoms with E-state index in [1.807, 2.05) is 18.2 Å². The van der Waals surface area contributed by atoms with E-state index < -0.39 is 0 Å². The minimum absolute atomic E-state index is 0.0481. The Labute approximate surface area is 69.3 Å². The summed E-state index contributed by atoms with van der Waals surface area (Å²) >= 11 is 0. The first-order valence-corrected chi connectivity index (χ1v) is 3.70. The Morgan fingerprint density at radius 2 is 2.08 bits per heavy atom. The van der Waals surface area contributed by atoms with Gasteiger partial charge in [-0.15, -0.1) is 0 Å². The highest BCUT2D eigenvalue weighted by molar-refractivity contribution is 5.80. The molecule has 0 amide bonds. The molecule has 0 radical (unpaired) electrons. The van der Waals surface area contributed by atoms with E-state index in [1.54, 1.807) is 19.3 Å². The van der Waals surface area contributed by atoms with Crippen molar-refractivity contribution in [2.75, 3.05) is 0 Å². The average molecular weight is 160 g/mol. The Morgan fingerprint density at radius 1 is 1.33 bits per heavy atom. The number of fused-ring (bicyclic) bond motifs is 1. The molecule has 0 saturated heterocycles. The minimum Gasteiger partial charge on any atom is -0.267 e. The average Bonchev–Trinajstić information content (AvgIpc) is 2.12. The monoisotopic (exact) mass is 160 g/mol. The van der Waals surface area contributed by atoms with Gasteiger partial charge in [-0.2, -0.15) is 5.10 Å². The Kier molecular flexibility index (Phi) is 1.43. The van der Waals surface area contributed by atoms with E-state index in [0.29, 0.717) is 0 Å². The Bertz CT molecular complexity index is 473. The van der Waals surface area contributed by atoms with Crippen LogP contribution in [0.1, 0.15) is 0 Å². The lowest BCUT2D eigenvalue weighted by molar-refractivity contribution is 0.718. The maximum absolute atomic E-state index is 11.4. The molecule has 0 aliphatic carbocycles. The highest BCUT2D eigenvalue weighted by atomic mass is 16.1. The van der Waals surface area contributed by atoms with E-state index in [-0.39, 0.29) is 5.56 Å². The van der Waals surface area contributed by atoms with Crippen molar-refractivity contribution in [3.05, 3.63) is 40.8 Å². The van der Waals surface area contributed by atoms with Gasteiger partial charge < -0.3 is 0 Å². The lowest BCUT2D eigenvalue weighted by Gasteiger charge is -1.97. The standard InChI is InChI=1S/C9H8N2O/c1-11-9(12)8-5-3-2-4-7(8)6-10-11/h2-6H,1H3. The minimum atomic E-state index is -0.0481. The summed E-state index contributed by atoms with van der Waals surface area (Å²) in [6.45, 7) is 0. The zero-order valence-electron chi connectivity index (χ0n) is 6.69. The van der Waals surface area contributed by atoms with Gasteiger partial charge in [-0.25, -0.2) is 4.68 Å². The number of rotatable bonds is 0. The van der Waals surface area contributed by atoms with Crippen molar-refractivity contribution in [3.8, 4) is 0 Å². The summed E-state index contributed by atoms with van der Waals surface area (Å²) < 4.78 is 1.34. The highest BCUT2D eigenvalue weighted by Gasteiger charge is 1.97. The van der Waals surface area contributed by atoms with Gasteiger partial charge >= 0.3 is 0 Å². The third-order valence-electron chi connectivity index (χ3n) is 1.86. The SMILES string of the molecule is Cn1ncc2ccccc2c1=O. The van der Waals surface area contributed by atoms with Crippen molar-refractivity contribution in [3.63, 3.8) is 0 Å². The Balaban J connectivity index is 3.01. The van der Waals surface area contributed by atoms with Crippen molar-refractivity contribution < 1.29 is 0 Å². The topological polar surface area (TPSA) is 34.9 Å². The first-order valence-electron chi connectivity index (χ1n) is 3.70. The van der Waals surface area contributed by atoms with Gasteiger partial charge in [0.2, 0.25) is 0 Å².